The van der Waals surface area contributed by atoms with E-state index in [-0.39, 0.29) is 0 Å². The van der Waals surface area contributed by atoms with E-state index < -0.39 is 0 Å². The zero-order valence-electron chi connectivity index (χ0n) is 3.23. The minimum atomic E-state index is 1.65. The van der Waals surface area contributed by atoms with E-state index in [9.17, 15) is 0 Å². The first-order chi connectivity index (χ1) is 2.41. The van der Waals surface area contributed by atoms with Crippen molar-refractivity contribution in [2.75, 3.05) is 7.05 Å². The van der Waals surface area contributed by atoms with E-state index in [0.29, 0.717) is 0 Å². The quantitative estimate of drug-likeness (QED) is 0.332. The minimum Gasteiger partial charge on any atom is -0.380 e. The van der Waals surface area contributed by atoms with Gasteiger partial charge in [0.2, 0.25) is 0 Å². The predicted octanol–water partition coefficient (Wildman–Crippen LogP) is -1.68. The molecule has 26 valence electrons. The van der Waals surface area contributed by atoms with Crippen molar-refractivity contribution in [3.63, 3.8) is 0 Å². The van der Waals surface area contributed by atoms with Crippen molar-refractivity contribution in [2.45, 2.75) is 0 Å². The minimum absolute atomic E-state index is 1.65. The van der Waals surface area contributed by atoms with Crippen LogP contribution in [-0.4, -0.2) is 23.0 Å². The Hall–Kier alpha value is 0.0499. The molecular weight excluding hydrogens is 61.6 g/mol. The monoisotopic (exact) mass is 68.1 g/mol. The van der Waals surface area contributed by atoms with Crippen LogP contribution in [0.4, 0.5) is 0 Å². The van der Waals surface area contributed by atoms with Gasteiger partial charge in [-0.15, -0.1) is 0 Å². The number of hydrogen-bond acceptors (Lipinski definition) is 2. The summed E-state index contributed by atoms with van der Waals surface area (Å²) < 4.78 is 0. The zero-order chi connectivity index (χ0) is 4.71. The lowest BCUT2D eigenvalue weighted by molar-refractivity contribution is 1.27. The normalized spacial score (nSPS) is 4.40. The Kier molecular flexibility index (Phi) is 60.9. The summed E-state index contributed by atoms with van der Waals surface area (Å²) in [5.41, 5.74) is 4.00. The molecule has 0 saturated heterocycles. The molecular formula is CH6B2N2. The van der Waals surface area contributed by atoms with Crippen LogP contribution in [0.1, 0.15) is 0 Å². The van der Waals surface area contributed by atoms with Crippen molar-refractivity contribution in [3.8, 4) is 0 Å². The predicted molar refractivity (Wildman–Crippen MR) is 24.8 cm³/mol. The van der Waals surface area contributed by atoms with Crippen molar-refractivity contribution in [3.05, 3.63) is 0 Å². The summed E-state index contributed by atoms with van der Waals surface area (Å²) >= 11 is 0. The van der Waals surface area contributed by atoms with Gasteiger partial charge in [-0.3, -0.25) is 0 Å². The van der Waals surface area contributed by atoms with Gasteiger partial charge >= 0.3 is 0 Å². The van der Waals surface area contributed by atoms with Gasteiger partial charge in [-0.2, -0.15) is 0 Å². The second kappa shape index (κ2) is 34.2. The molecule has 0 aliphatic carbocycles. The van der Waals surface area contributed by atoms with E-state index in [1.165, 1.54) is 0 Å². The fourth-order valence-electron chi connectivity index (χ4n) is 0. The average molecular weight is 67.7 g/mol. The van der Waals surface area contributed by atoms with Crippen molar-refractivity contribution in [2.24, 2.45) is 5.64 Å². The number of hydrogen-bond donors (Lipinski definition) is 2. The first-order valence-corrected chi connectivity index (χ1v) is 1.12. The molecule has 4 heteroatoms. The van der Waals surface area contributed by atoms with Gasteiger partial charge in [0, 0.05) is 0 Å². The summed E-state index contributed by atoms with van der Waals surface area (Å²) in [4.78, 5) is 0. The highest BCUT2D eigenvalue weighted by atomic mass is 14.6. The van der Waals surface area contributed by atoms with Gasteiger partial charge in [0.1, 0.15) is 0 Å². The molecule has 0 amide bonds. The fraction of sp³-hybridized carbons (Fsp3) is 1.00. The van der Waals surface area contributed by atoms with E-state index in [4.69, 9.17) is 0 Å². The lowest BCUT2D eigenvalue weighted by atomic mass is 10.5. The van der Waals surface area contributed by atoms with Gasteiger partial charge in [-0.1, -0.05) is 0 Å². The van der Waals surface area contributed by atoms with Crippen LogP contribution >= 0.6 is 0 Å². The summed E-state index contributed by atoms with van der Waals surface area (Å²) in [6.45, 7) is 0. The highest BCUT2D eigenvalue weighted by Gasteiger charge is 1.29. The molecule has 4 radical (unpaired) electrons. The van der Waals surface area contributed by atoms with Crippen molar-refractivity contribution < 1.29 is 0 Å². The lowest BCUT2D eigenvalue weighted by Gasteiger charge is -1.58. The van der Waals surface area contributed by atoms with Gasteiger partial charge in [0.15, 0.2) is 16.0 Å². The van der Waals surface area contributed by atoms with Gasteiger partial charge in [-0.05, 0) is 7.05 Å². The Morgan fingerprint density at radius 2 is 1.60 bits per heavy atom. The first kappa shape index (κ1) is 8.90. The second-order valence-electron chi connectivity index (χ2n) is 0.289. The van der Waals surface area contributed by atoms with Crippen LogP contribution in [0.3, 0.4) is 0 Å². The molecule has 0 aromatic carbocycles. The van der Waals surface area contributed by atoms with Crippen LogP contribution < -0.4 is 10.9 Å². The highest BCUT2D eigenvalue weighted by Crippen LogP contribution is 0.933. The topological polar surface area (TPSA) is 38.0 Å². The maximum Gasteiger partial charge on any atom is 0.177 e. The molecule has 0 heterocycles. The Balaban J connectivity index is 0. The fourth-order valence-corrected chi connectivity index (χ4v) is 0. The Labute approximate surface area is 35.0 Å². The van der Waals surface area contributed by atoms with Crippen LogP contribution in [0.25, 0.3) is 0 Å². The maximum atomic E-state index is 4.60. The molecule has 0 bridgehead atoms. The largest absolute Gasteiger partial charge is 0.380 e. The van der Waals surface area contributed by atoms with Gasteiger partial charge in [0.25, 0.3) is 0 Å². The van der Waals surface area contributed by atoms with E-state index in [2.05, 4.69) is 26.8 Å². The Morgan fingerprint density at radius 1 is 1.60 bits per heavy atom. The summed E-state index contributed by atoms with van der Waals surface area (Å²) in [5.74, 6) is 0. The molecule has 5 heavy (non-hydrogen) atoms. The van der Waals surface area contributed by atoms with E-state index in [1.54, 1.807) is 7.05 Å². The molecule has 0 fully saturated rings. The standard InChI is InChI=1S/CH4BN.BH2N/c1-3-2;1-2/h3H,1H3;2H2. The molecule has 0 aliphatic rings. The molecule has 0 aliphatic heterocycles. The Bertz CT molecular complexity index is 7.61. The summed E-state index contributed by atoms with van der Waals surface area (Å²) in [6.07, 6.45) is 0. The molecule has 2 nitrogen and oxygen atoms in total. The molecule has 0 aromatic heterocycles. The van der Waals surface area contributed by atoms with Crippen LogP contribution in [0.5, 0.6) is 0 Å². The molecule has 0 rings (SSSR count). The SMILES string of the molecule is [B]N.[B]NC. The van der Waals surface area contributed by atoms with Crippen LogP contribution in [0.2, 0.25) is 0 Å². The van der Waals surface area contributed by atoms with E-state index in [1.807, 2.05) is 0 Å². The van der Waals surface area contributed by atoms with Crippen molar-refractivity contribution >= 4 is 16.0 Å². The average Bonchev–Trinajstić information content (AvgIpc) is 1.46. The molecule has 0 atom stereocenters. The summed E-state index contributed by atoms with van der Waals surface area (Å²) in [5, 5.41) is 2.25. The Morgan fingerprint density at radius 3 is 1.60 bits per heavy atom. The van der Waals surface area contributed by atoms with Crippen molar-refractivity contribution in [1.82, 2.24) is 5.23 Å². The number of nitrogens with one attached hydrogen (secondary N) is 1. The smallest absolute Gasteiger partial charge is 0.177 e. The molecule has 0 saturated carbocycles. The summed E-state index contributed by atoms with van der Waals surface area (Å²) in [7, 11) is 10.2. The lowest BCUT2D eigenvalue weighted by Crippen LogP contribution is -1.93. The molecule has 3 N–H and O–H groups in total. The van der Waals surface area contributed by atoms with Gasteiger partial charge in [0.05, 0.1) is 0 Å². The zero-order valence-corrected chi connectivity index (χ0v) is 3.23. The molecule has 0 aromatic rings. The van der Waals surface area contributed by atoms with Crippen LogP contribution in [0, 0.1) is 0 Å². The maximum absolute atomic E-state index is 4.60. The highest BCUT2D eigenvalue weighted by molar-refractivity contribution is 6.04. The third-order valence-electron chi connectivity index (χ3n) is 0. The third kappa shape index (κ3) is 6840. The van der Waals surface area contributed by atoms with Crippen LogP contribution in [0.15, 0.2) is 0 Å². The number of rotatable bonds is 0. The molecule has 0 spiro atoms. The van der Waals surface area contributed by atoms with E-state index in [0.717, 1.165) is 0 Å². The third-order valence-corrected chi connectivity index (χ3v) is 0. The summed E-state index contributed by atoms with van der Waals surface area (Å²) in [6, 6.07) is 0. The second-order valence-corrected chi connectivity index (χ2v) is 0.289. The number of nitrogens with two attached hydrogens (primary N) is 1. The van der Waals surface area contributed by atoms with Crippen molar-refractivity contribution in [1.29, 1.82) is 0 Å². The van der Waals surface area contributed by atoms with Crippen LogP contribution in [-0.2, 0) is 0 Å². The first-order valence-electron chi connectivity index (χ1n) is 1.12. The molecule has 0 unspecified atom stereocenters. The van der Waals surface area contributed by atoms with Gasteiger partial charge in [-0.25, -0.2) is 0 Å². The van der Waals surface area contributed by atoms with E-state index >= 15 is 0 Å². The van der Waals surface area contributed by atoms with Gasteiger partial charge < -0.3 is 10.9 Å².